The first-order valence-corrected chi connectivity index (χ1v) is 7.98. The molecule has 0 spiro atoms. The monoisotopic (exact) mass is 406 g/mol. The molecule has 0 radical (unpaired) electrons. The van der Waals surface area contributed by atoms with Crippen molar-refractivity contribution in [2.45, 2.75) is 31.3 Å². The van der Waals surface area contributed by atoms with Crippen molar-refractivity contribution in [1.29, 1.82) is 0 Å². The molecule has 0 amide bonds. The molecule has 0 aliphatic carbocycles. The van der Waals surface area contributed by atoms with E-state index in [4.69, 9.17) is 0 Å². The minimum absolute atomic E-state index is 0.0501. The molecule has 5 nitrogen and oxygen atoms in total. The van der Waals surface area contributed by atoms with Gasteiger partial charge >= 0.3 is 18.4 Å². The van der Waals surface area contributed by atoms with E-state index in [1.54, 1.807) is 37.3 Å². The summed E-state index contributed by atoms with van der Waals surface area (Å²) in [5.41, 5.74) is 0.706. The Labute approximate surface area is 156 Å². The maximum atomic E-state index is 12.8. The zero-order valence-corrected chi connectivity index (χ0v) is 14.6. The van der Waals surface area contributed by atoms with Crippen molar-refractivity contribution in [3.63, 3.8) is 0 Å². The Morgan fingerprint density at radius 2 is 1.64 bits per heavy atom. The number of nitrogens with one attached hydrogen (secondary N) is 1. The number of hydrogen-bond donors (Lipinski definition) is 1. The van der Waals surface area contributed by atoms with Crippen LogP contribution in [0.3, 0.4) is 0 Å². The van der Waals surface area contributed by atoms with Gasteiger partial charge in [-0.25, -0.2) is 0 Å². The Hall–Kier alpha value is -2.85. The van der Waals surface area contributed by atoms with Crippen molar-refractivity contribution < 1.29 is 31.1 Å². The molecule has 1 aromatic carbocycles. The Morgan fingerprint density at radius 3 is 2.18 bits per heavy atom. The smallest absolute Gasteiger partial charge is 0.434 e. The quantitative estimate of drug-likeness (QED) is 0.542. The fraction of sp³-hybridized carbons (Fsp3) is 0.353. The maximum Gasteiger partial charge on any atom is 0.434 e. The summed E-state index contributed by atoms with van der Waals surface area (Å²) in [6, 6.07) is 7.57. The third kappa shape index (κ3) is 5.57. The average Bonchev–Trinajstić information content (AvgIpc) is 2.62. The molecule has 0 saturated heterocycles. The number of nitrogens with zero attached hydrogens (tertiary/aromatic N) is 3. The molecule has 11 heteroatoms. The molecule has 0 unspecified atom stereocenters. The Morgan fingerprint density at radius 1 is 1.04 bits per heavy atom. The summed E-state index contributed by atoms with van der Waals surface area (Å²) >= 11 is 0. The van der Waals surface area contributed by atoms with E-state index < -0.39 is 30.4 Å². The number of halogens is 6. The van der Waals surface area contributed by atoms with Gasteiger partial charge < -0.3 is 10.1 Å². The van der Waals surface area contributed by atoms with Gasteiger partial charge in [-0.3, -0.25) is 0 Å². The zero-order chi connectivity index (χ0) is 20.9. The molecule has 2 rings (SSSR count). The van der Waals surface area contributed by atoms with Crippen LogP contribution < -0.4 is 10.1 Å². The van der Waals surface area contributed by atoms with E-state index in [0.717, 1.165) is 0 Å². The van der Waals surface area contributed by atoms with Crippen LogP contribution in [0.4, 0.5) is 32.3 Å². The summed E-state index contributed by atoms with van der Waals surface area (Å²) in [6.07, 6.45) is -14.0. The van der Waals surface area contributed by atoms with Crippen molar-refractivity contribution in [1.82, 2.24) is 15.0 Å². The Balaban J connectivity index is 2.44. The van der Waals surface area contributed by atoms with Crippen molar-refractivity contribution in [3.05, 3.63) is 54.4 Å². The second-order valence-corrected chi connectivity index (χ2v) is 5.68. The molecule has 0 bridgehead atoms. The van der Waals surface area contributed by atoms with Gasteiger partial charge in [0.2, 0.25) is 5.95 Å². The van der Waals surface area contributed by atoms with Gasteiger partial charge in [-0.2, -0.15) is 41.3 Å². The van der Waals surface area contributed by atoms with Crippen molar-refractivity contribution in [3.8, 4) is 6.01 Å². The van der Waals surface area contributed by atoms with Gasteiger partial charge in [0.25, 0.3) is 6.10 Å². The highest BCUT2D eigenvalue weighted by atomic mass is 19.4. The minimum Gasteiger partial charge on any atom is -0.440 e. The van der Waals surface area contributed by atoms with Gasteiger partial charge in [-0.05, 0) is 5.56 Å². The molecule has 0 fully saturated rings. The van der Waals surface area contributed by atoms with Crippen LogP contribution in [0.1, 0.15) is 24.2 Å². The van der Waals surface area contributed by atoms with Crippen molar-refractivity contribution >= 4 is 5.95 Å². The molecule has 1 N–H and O–H groups in total. The summed E-state index contributed by atoms with van der Waals surface area (Å²) in [6.45, 7) is 5.23. The topological polar surface area (TPSA) is 59.9 Å². The van der Waals surface area contributed by atoms with E-state index in [-0.39, 0.29) is 18.3 Å². The van der Waals surface area contributed by atoms with E-state index in [1.165, 1.54) is 6.08 Å². The molecule has 1 heterocycles. The number of alkyl halides is 6. The van der Waals surface area contributed by atoms with E-state index in [1.807, 2.05) is 0 Å². The SMILES string of the molecule is C=CCNc1nc(OC(C(F)(F)F)C(F)(F)F)nc([C@H](C)c2ccccc2)n1. The highest BCUT2D eigenvalue weighted by molar-refractivity contribution is 5.31. The predicted octanol–water partition coefficient (Wildman–Crippen LogP) is 4.49. The molecule has 1 aromatic heterocycles. The van der Waals surface area contributed by atoms with Crippen LogP contribution in [-0.2, 0) is 0 Å². The van der Waals surface area contributed by atoms with Gasteiger partial charge in [-0.1, -0.05) is 43.3 Å². The van der Waals surface area contributed by atoms with Crippen molar-refractivity contribution in [2.75, 3.05) is 11.9 Å². The number of anilines is 1. The normalized spacial score (nSPS) is 13.3. The van der Waals surface area contributed by atoms with Crippen LogP contribution in [0.2, 0.25) is 0 Å². The van der Waals surface area contributed by atoms with E-state index in [0.29, 0.717) is 5.56 Å². The number of hydrogen-bond acceptors (Lipinski definition) is 5. The first kappa shape index (κ1) is 21.5. The Kier molecular flexibility index (Phi) is 6.47. The van der Waals surface area contributed by atoms with Crippen LogP contribution in [0.15, 0.2) is 43.0 Å². The molecular formula is C17H16F6N4O. The second-order valence-electron chi connectivity index (χ2n) is 5.68. The van der Waals surface area contributed by atoms with Crippen LogP contribution in [-0.4, -0.2) is 40.0 Å². The molecule has 0 saturated carbocycles. The van der Waals surface area contributed by atoms with Gasteiger partial charge in [0.1, 0.15) is 5.82 Å². The predicted molar refractivity (Wildman–Crippen MR) is 89.0 cm³/mol. The van der Waals surface area contributed by atoms with Gasteiger partial charge in [0, 0.05) is 12.5 Å². The van der Waals surface area contributed by atoms with E-state index in [2.05, 4.69) is 31.6 Å². The molecule has 0 aliphatic rings. The summed E-state index contributed by atoms with van der Waals surface area (Å²) in [4.78, 5) is 11.2. The van der Waals surface area contributed by atoms with Gasteiger partial charge in [0.05, 0.1) is 0 Å². The first-order valence-electron chi connectivity index (χ1n) is 7.98. The highest BCUT2D eigenvalue weighted by Crippen LogP contribution is 2.36. The molecule has 28 heavy (non-hydrogen) atoms. The van der Waals surface area contributed by atoms with Crippen LogP contribution in [0.25, 0.3) is 0 Å². The number of benzene rings is 1. The fourth-order valence-corrected chi connectivity index (χ4v) is 2.18. The standard InChI is InChI=1S/C17H16F6N4O/c1-3-9-24-14-25-12(10(2)11-7-5-4-6-8-11)26-15(27-14)28-13(16(18,19)20)17(21,22)23/h3-8,10,13H,1,9H2,2H3,(H,24,25,26,27)/t10-/m1/s1. The highest BCUT2D eigenvalue weighted by Gasteiger charge is 2.59. The molecule has 0 aliphatic heterocycles. The van der Waals surface area contributed by atoms with Gasteiger partial charge in [0.15, 0.2) is 0 Å². The average molecular weight is 406 g/mol. The summed E-state index contributed by atoms with van der Waals surface area (Å²) in [5.74, 6) is -0.817. The summed E-state index contributed by atoms with van der Waals surface area (Å²) in [5, 5.41) is 2.61. The minimum atomic E-state index is -5.69. The third-order valence-corrected chi connectivity index (χ3v) is 3.54. The molecule has 152 valence electrons. The lowest BCUT2D eigenvalue weighted by molar-refractivity contribution is -0.301. The maximum absolute atomic E-state index is 12.8. The van der Waals surface area contributed by atoms with E-state index >= 15 is 0 Å². The van der Waals surface area contributed by atoms with E-state index in [9.17, 15) is 26.3 Å². The fourth-order valence-electron chi connectivity index (χ4n) is 2.18. The summed E-state index contributed by atoms with van der Waals surface area (Å²) < 4.78 is 80.8. The van der Waals surface area contributed by atoms with Crippen LogP contribution in [0, 0.1) is 0 Å². The largest absolute Gasteiger partial charge is 0.440 e. The Bertz CT molecular complexity index is 780. The second kappa shape index (κ2) is 8.44. The lowest BCUT2D eigenvalue weighted by Gasteiger charge is -2.23. The summed E-state index contributed by atoms with van der Waals surface area (Å²) in [7, 11) is 0. The van der Waals surface area contributed by atoms with Crippen LogP contribution >= 0.6 is 0 Å². The number of ether oxygens (including phenoxy) is 1. The lowest BCUT2D eigenvalue weighted by atomic mass is 10.0. The third-order valence-electron chi connectivity index (χ3n) is 3.54. The number of rotatable bonds is 7. The van der Waals surface area contributed by atoms with Gasteiger partial charge in [-0.15, -0.1) is 6.58 Å². The molecule has 1 atom stereocenters. The number of aromatic nitrogens is 3. The first-order chi connectivity index (χ1) is 13.0. The van der Waals surface area contributed by atoms with Crippen LogP contribution in [0.5, 0.6) is 6.01 Å². The van der Waals surface area contributed by atoms with Crippen molar-refractivity contribution in [2.24, 2.45) is 0 Å². The lowest BCUT2D eigenvalue weighted by Crippen LogP contribution is -2.47. The molecular weight excluding hydrogens is 390 g/mol. The molecule has 2 aromatic rings. The zero-order valence-electron chi connectivity index (χ0n) is 14.6.